The normalized spacial score (nSPS) is 15.9. The fraction of sp³-hybridized carbons (Fsp3) is 0.250. The lowest BCUT2D eigenvalue weighted by Crippen LogP contribution is -2.39. The Balaban J connectivity index is 1.89. The molecule has 0 unspecified atom stereocenters. The first-order valence-corrected chi connectivity index (χ1v) is 7.30. The van der Waals surface area contributed by atoms with Gasteiger partial charge in [-0.15, -0.1) is 0 Å². The Morgan fingerprint density at radius 2 is 2.33 bits per heavy atom. The largest absolute Gasteiger partial charge is 0.495 e. The van der Waals surface area contributed by atoms with Crippen molar-refractivity contribution in [3.05, 3.63) is 41.2 Å². The molecular formula is C16H15N5O3. The molecule has 24 heavy (non-hydrogen) atoms. The van der Waals surface area contributed by atoms with Crippen molar-refractivity contribution < 1.29 is 14.3 Å². The summed E-state index contributed by atoms with van der Waals surface area (Å²) in [5, 5.41) is 18.6. The van der Waals surface area contributed by atoms with Gasteiger partial charge in [-0.1, -0.05) is 0 Å². The smallest absolute Gasteiger partial charge is 0.270 e. The number of amides is 2. The van der Waals surface area contributed by atoms with Crippen LogP contribution in [0.15, 0.2) is 24.4 Å². The summed E-state index contributed by atoms with van der Waals surface area (Å²) in [7, 11) is 1.47. The van der Waals surface area contributed by atoms with E-state index in [2.05, 4.69) is 15.7 Å². The number of aromatic nitrogens is 2. The van der Waals surface area contributed by atoms with Gasteiger partial charge in [-0.2, -0.15) is 10.4 Å². The highest BCUT2D eigenvalue weighted by Crippen LogP contribution is 2.23. The molecule has 1 aliphatic rings. The van der Waals surface area contributed by atoms with Crippen LogP contribution in [0.2, 0.25) is 0 Å². The van der Waals surface area contributed by atoms with E-state index in [-0.39, 0.29) is 23.2 Å². The van der Waals surface area contributed by atoms with E-state index in [1.54, 1.807) is 16.8 Å². The first-order valence-electron chi connectivity index (χ1n) is 7.30. The lowest BCUT2D eigenvalue weighted by atomic mass is 10.1. The van der Waals surface area contributed by atoms with Crippen LogP contribution in [-0.2, 0) is 0 Å². The van der Waals surface area contributed by atoms with E-state index < -0.39 is 5.91 Å². The topological polar surface area (TPSA) is 109 Å². The van der Waals surface area contributed by atoms with Crippen molar-refractivity contribution in [3.63, 3.8) is 0 Å². The molecule has 0 aliphatic carbocycles. The Labute approximate surface area is 138 Å². The number of benzene rings is 1. The van der Waals surface area contributed by atoms with Crippen LogP contribution in [-0.4, -0.2) is 35.2 Å². The summed E-state index contributed by atoms with van der Waals surface area (Å²) in [4.78, 5) is 24.5. The molecule has 2 aromatic rings. The molecule has 2 N–H and O–H groups in total. The zero-order valence-electron chi connectivity index (χ0n) is 13.2. The number of ether oxygens (including phenoxy) is 1. The molecule has 8 nitrogen and oxygen atoms in total. The van der Waals surface area contributed by atoms with Crippen LogP contribution in [0.1, 0.15) is 39.4 Å². The third-order valence-electron chi connectivity index (χ3n) is 3.81. The lowest BCUT2D eigenvalue weighted by molar-refractivity contribution is 0.0902. The second-order valence-electron chi connectivity index (χ2n) is 5.39. The number of fused-ring (bicyclic) bond motifs is 1. The van der Waals surface area contributed by atoms with Crippen molar-refractivity contribution in [1.82, 2.24) is 15.1 Å². The highest BCUT2D eigenvalue weighted by Gasteiger charge is 2.29. The minimum absolute atomic E-state index is 0.0228. The molecule has 1 atom stereocenters. The van der Waals surface area contributed by atoms with Crippen molar-refractivity contribution in [3.8, 4) is 11.8 Å². The first kappa shape index (κ1) is 15.6. The third-order valence-corrected chi connectivity index (χ3v) is 3.81. The van der Waals surface area contributed by atoms with Crippen molar-refractivity contribution in [2.24, 2.45) is 0 Å². The van der Waals surface area contributed by atoms with Gasteiger partial charge in [-0.05, 0) is 25.1 Å². The van der Waals surface area contributed by atoms with E-state index in [9.17, 15) is 9.59 Å². The van der Waals surface area contributed by atoms with E-state index in [1.165, 1.54) is 19.4 Å². The number of nitrogens with one attached hydrogen (secondary N) is 2. The SMILES string of the molecule is COc1ccc(NC(=O)c2cnn3c2C(=O)NC[C@H]3C)cc1C#N. The Bertz CT molecular complexity index is 865. The molecule has 122 valence electrons. The number of anilines is 1. The molecule has 3 rings (SSSR count). The summed E-state index contributed by atoms with van der Waals surface area (Å²) in [6.45, 7) is 2.37. The van der Waals surface area contributed by atoms with Crippen LogP contribution >= 0.6 is 0 Å². The van der Waals surface area contributed by atoms with Crippen molar-refractivity contribution in [2.75, 3.05) is 19.0 Å². The van der Waals surface area contributed by atoms with Gasteiger partial charge in [-0.25, -0.2) is 0 Å². The monoisotopic (exact) mass is 325 g/mol. The van der Waals surface area contributed by atoms with E-state index in [1.807, 2.05) is 13.0 Å². The molecule has 0 radical (unpaired) electrons. The van der Waals surface area contributed by atoms with Crippen LogP contribution in [0.5, 0.6) is 5.75 Å². The summed E-state index contributed by atoms with van der Waals surface area (Å²) in [5.41, 5.74) is 1.16. The minimum Gasteiger partial charge on any atom is -0.495 e. The quantitative estimate of drug-likeness (QED) is 0.884. The van der Waals surface area contributed by atoms with Crippen LogP contribution in [0.3, 0.4) is 0 Å². The Hall–Kier alpha value is -3.34. The predicted molar refractivity (Wildman–Crippen MR) is 84.9 cm³/mol. The molecule has 2 heterocycles. The maximum Gasteiger partial charge on any atom is 0.270 e. The van der Waals surface area contributed by atoms with Crippen LogP contribution in [0, 0.1) is 11.3 Å². The summed E-state index contributed by atoms with van der Waals surface area (Å²) in [6, 6.07) is 6.70. The maximum absolute atomic E-state index is 12.5. The molecular weight excluding hydrogens is 310 g/mol. The van der Waals surface area contributed by atoms with E-state index in [0.717, 1.165) is 0 Å². The maximum atomic E-state index is 12.5. The highest BCUT2D eigenvalue weighted by atomic mass is 16.5. The van der Waals surface area contributed by atoms with Gasteiger partial charge in [0.15, 0.2) is 0 Å². The van der Waals surface area contributed by atoms with Gasteiger partial charge in [-0.3, -0.25) is 14.3 Å². The van der Waals surface area contributed by atoms with Gasteiger partial charge in [0.1, 0.15) is 17.5 Å². The standard InChI is InChI=1S/C16H15N5O3/c1-9-7-18-16(23)14-12(8-19-21(9)14)15(22)20-11-3-4-13(24-2)10(5-11)6-17/h3-5,8-9H,7H2,1-2H3,(H,18,23)(H,20,22)/t9-/m1/s1. The fourth-order valence-electron chi connectivity index (χ4n) is 2.57. The Morgan fingerprint density at radius 3 is 3.04 bits per heavy atom. The van der Waals surface area contributed by atoms with E-state index >= 15 is 0 Å². The van der Waals surface area contributed by atoms with Crippen molar-refractivity contribution >= 4 is 17.5 Å². The van der Waals surface area contributed by atoms with Gasteiger partial charge in [0, 0.05) is 12.2 Å². The summed E-state index contributed by atoms with van der Waals surface area (Å²) in [6.07, 6.45) is 1.38. The number of rotatable bonds is 3. The molecule has 2 amide bonds. The van der Waals surface area contributed by atoms with E-state index in [0.29, 0.717) is 23.5 Å². The zero-order valence-corrected chi connectivity index (χ0v) is 13.2. The molecule has 8 heteroatoms. The van der Waals surface area contributed by atoms with Crippen LogP contribution in [0.4, 0.5) is 5.69 Å². The molecule has 1 aromatic heterocycles. The first-order chi connectivity index (χ1) is 11.5. The number of hydrogen-bond donors (Lipinski definition) is 2. The predicted octanol–water partition coefficient (Wildman–Crippen LogP) is 1.32. The van der Waals surface area contributed by atoms with Gasteiger partial charge in [0.2, 0.25) is 0 Å². The summed E-state index contributed by atoms with van der Waals surface area (Å²) < 4.78 is 6.61. The van der Waals surface area contributed by atoms with Crippen molar-refractivity contribution in [2.45, 2.75) is 13.0 Å². The zero-order chi connectivity index (χ0) is 17.3. The van der Waals surface area contributed by atoms with Gasteiger partial charge < -0.3 is 15.4 Å². The van der Waals surface area contributed by atoms with Gasteiger partial charge in [0.25, 0.3) is 11.8 Å². The molecule has 1 aliphatic heterocycles. The summed E-state index contributed by atoms with van der Waals surface area (Å²) >= 11 is 0. The van der Waals surface area contributed by atoms with E-state index in [4.69, 9.17) is 10.00 Å². The fourth-order valence-corrected chi connectivity index (χ4v) is 2.57. The highest BCUT2D eigenvalue weighted by molar-refractivity contribution is 6.11. The van der Waals surface area contributed by atoms with Crippen LogP contribution < -0.4 is 15.4 Å². The number of nitrogens with zero attached hydrogens (tertiary/aromatic N) is 3. The molecule has 0 fully saturated rings. The number of carbonyl (C=O) groups is 2. The molecule has 0 bridgehead atoms. The average Bonchev–Trinajstić information content (AvgIpc) is 3.04. The number of nitriles is 1. The minimum atomic E-state index is -0.463. The molecule has 0 spiro atoms. The van der Waals surface area contributed by atoms with Crippen molar-refractivity contribution in [1.29, 1.82) is 5.26 Å². The Morgan fingerprint density at radius 1 is 1.54 bits per heavy atom. The van der Waals surface area contributed by atoms with Gasteiger partial charge in [0.05, 0.1) is 30.5 Å². The lowest BCUT2D eigenvalue weighted by Gasteiger charge is -2.21. The second kappa shape index (κ2) is 6.04. The number of hydrogen-bond acceptors (Lipinski definition) is 5. The molecule has 0 saturated heterocycles. The second-order valence-corrected chi connectivity index (χ2v) is 5.39. The Kier molecular flexibility index (Phi) is 3.92. The molecule has 0 saturated carbocycles. The van der Waals surface area contributed by atoms with Crippen LogP contribution in [0.25, 0.3) is 0 Å². The number of methoxy groups -OCH3 is 1. The average molecular weight is 325 g/mol. The summed E-state index contributed by atoms with van der Waals surface area (Å²) in [5.74, 6) is -0.371. The third kappa shape index (κ3) is 2.56. The molecule has 1 aromatic carbocycles. The van der Waals surface area contributed by atoms with Gasteiger partial charge >= 0.3 is 0 Å². The number of carbonyl (C=O) groups excluding carboxylic acids is 2.